The molecule has 23 heavy (non-hydrogen) atoms. The molecule has 0 spiro atoms. The molecule has 0 radical (unpaired) electrons. The predicted octanol–water partition coefficient (Wildman–Crippen LogP) is 2.27. The third kappa shape index (κ3) is 5.15. The molecular weight excluding hydrogens is 312 g/mol. The number of nitrogens with one attached hydrogen (secondary N) is 2. The van der Waals surface area contributed by atoms with Gasteiger partial charge in [-0.2, -0.15) is 0 Å². The van der Waals surface area contributed by atoms with Crippen LogP contribution >= 0.6 is 11.3 Å². The average Bonchev–Trinajstić information content (AvgIpc) is 3.03. The van der Waals surface area contributed by atoms with E-state index < -0.39 is 0 Å². The van der Waals surface area contributed by atoms with E-state index in [2.05, 4.69) is 15.6 Å². The second-order valence-electron chi connectivity index (χ2n) is 5.01. The van der Waals surface area contributed by atoms with Gasteiger partial charge in [-0.1, -0.05) is 19.1 Å². The first-order chi connectivity index (χ1) is 11.1. The van der Waals surface area contributed by atoms with Gasteiger partial charge in [0.2, 0.25) is 5.91 Å². The number of hydrogen-bond acceptors (Lipinski definition) is 5. The topological polar surface area (TPSA) is 97.1 Å². The minimum absolute atomic E-state index is 0.00722. The van der Waals surface area contributed by atoms with E-state index in [9.17, 15) is 9.59 Å². The molecule has 122 valence electrons. The first-order valence-electron chi connectivity index (χ1n) is 7.43. The van der Waals surface area contributed by atoms with Crippen LogP contribution in [0.2, 0.25) is 0 Å². The largest absolute Gasteiger partial charge is 0.347 e. The van der Waals surface area contributed by atoms with Crippen LogP contribution in [0.25, 0.3) is 0 Å². The van der Waals surface area contributed by atoms with Gasteiger partial charge in [0.05, 0.1) is 0 Å². The maximum absolute atomic E-state index is 12.0. The number of carbonyl (C=O) groups is 2. The fourth-order valence-electron chi connectivity index (χ4n) is 1.94. The number of nitrogens with two attached hydrogens (primary N) is 1. The Hall–Kier alpha value is -2.25. The first kappa shape index (κ1) is 17.1. The number of thiazole rings is 1. The summed E-state index contributed by atoms with van der Waals surface area (Å²) in [6, 6.07) is 7.39. The molecule has 1 aromatic carbocycles. The second-order valence-corrected chi connectivity index (χ2v) is 5.95. The van der Waals surface area contributed by atoms with E-state index in [-0.39, 0.29) is 11.8 Å². The lowest BCUT2D eigenvalue weighted by Gasteiger charge is -2.07. The smallest absolute Gasteiger partial charge is 0.271 e. The Bertz CT molecular complexity index is 667. The highest BCUT2D eigenvalue weighted by molar-refractivity contribution is 7.09. The average molecular weight is 332 g/mol. The Morgan fingerprint density at radius 1 is 1.26 bits per heavy atom. The van der Waals surface area contributed by atoms with Gasteiger partial charge < -0.3 is 16.4 Å². The van der Waals surface area contributed by atoms with Gasteiger partial charge in [-0.3, -0.25) is 9.59 Å². The molecule has 7 heteroatoms. The Morgan fingerprint density at radius 3 is 2.61 bits per heavy atom. The van der Waals surface area contributed by atoms with Crippen LogP contribution in [0, 0.1) is 0 Å². The van der Waals surface area contributed by atoms with E-state index >= 15 is 0 Å². The van der Waals surface area contributed by atoms with Crippen molar-refractivity contribution in [3.63, 3.8) is 0 Å². The lowest BCUT2D eigenvalue weighted by Crippen LogP contribution is -2.23. The highest BCUT2D eigenvalue weighted by atomic mass is 32.1. The predicted molar refractivity (Wildman–Crippen MR) is 91.2 cm³/mol. The lowest BCUT2D eigenvalue weighted by atomic mass is 10.2. The van der Waals surface area contributed by atoms with Crippen molar-refractivity contribution in [2.75, 3.05) is 5.32 Å². The molecule has 0 bridgehead atoms. The third-order valence-electron chi connectivity index (χ3n) is 3.13. The summed E-state index contributed by atoms with van der Waals surface area (Å²) < 4.78 is 0. The maximum atomic E-state index is 12.0. The van der Waals surface area contributed by atoms with Gasteiger partial charge in [0.25, 0.3) is 5.91 Å². The van der Waals surface area contributed by atoms with Crippen LogP contribution in [0.3, 0.4) is 0 Å². The number of aromatic nitrogens is 1. The quantitative estimate of drug-likeness (QED) is 0.724. The summed E-state index contributed by atoms with van der Waals surface area (Å²) in [6.07, 6.45) is 1.33. The van der Waals surface area contributed by atoms with Crippen molar-refractivity contribution in [3.8, 4) is 0 Å². The van der Waals surface area contributed by atoms with Gasteiger partial charge in [-0.25, -0.2) is 4.98 Å². The van der Waals surface area contributed by atoms with Crippen molar-refractivity contribution in [2.45, 2.75) is 32.9 Å². The molecule has 0 saturated carbocycles. The minimum atomic E-state index is -0.221. The third-order valence-corrected chi connectivity index (χ3v) is 4.00. The summed E-state index contributed by atoms with van der Waals surface area (Å²) in [5, 5.41) is 8.07. The van der Waals surface area contributed by atoms with Crippen LogP contribution in [0.15, 0.2) is 29.6 Å². The van der Waals surface area contributed by atoms with E-state index in [4.69, 9.17) is 5.73 Å². The molecule has 0 aliphatic carbocycles. The molecule has 6 nitrogen and oxygen atoms in total. The monoisotopic (exact) mass is 332 g/mol. The molecule has 2 amide bonds. The number of benzene rings is 1. The second kappa shape index (κ2) is 8.40. The zero-order valence-electron chi connectivity index (χ0n) is 13.0. The molecule has 0 aliphatic heterocycles. The van der Waals surface area contributed by atoms with E-state index in [1.54, 1.807) is 5.38 Å². The van der Waals surface area contributed by atoms with Crippen LogP contribution in [-0.2, 0) is 17.9 Å². The van der Waals surface area contributed by atoms with Crippen molar-refractivity contribution in [1.29, 1.82) is 0 Å². The molecule has 1 heterocycles. The Kier molecular flexibility index (Phi) is 6.25. The fraction of sp³-hybridized carbons (Fsp3) is 0.312. The maximum Gasteiger partial charge on any atom is 0.271 e. The van der Waals surface area contributed by atoms with Crippen LogP contribution in [0.4, 0.5) is 5.69 Å². The summed E-state index contributed by atoms with van der Waals surface area (Å²) in [5.74, 6) is -0.214. The number of nitrogens with zero attached hydrogens (tertiary/aromatic N) is 1. The lowest BCUT2D eigenvalue weighted by molar-refractivity contribution is -0.116. The van der Waals surface area contributed by atoms with Crippen molar-refractivity contribution in [2.24, 2.45) is 5.73 Å². The standard InChI is InChI=1S/C16H20N4O2S/c1-2-3-14(21)19-12-6-4-11(5-7-12)9-18-16(22)13-10-23-15(8-17)20-13/h4-7,10H,2-3,8-9,17H2,1H3,(H,18,22)(H,19,21). The van der Waals surface area contributed by atoms with Crippen molar-refractivity contribution < 1.29 is 9.59 Å². The van der Waals surface area contributed by atoms with Gasteiger partial charge in [0.1, 0.15) is 10.7 Å². The molecule has 0 saturated heterocycles. The summed E-state index contributed by atoms with van der Waals surface area (Å²) in [6.45, 7) is 2.70. The van der Waals surface area contributed by atoms with Crippen molar-refractivity contribution in [3.05, 3.63) is 45.9 Å². The van der Waals surface area contributed by atoms with Crippen LogP contribution in [-0.4, -0.2) is 16.8 Å². The van der Waals surface area contributed by atoms with Gasteiger partial charge in [-0.05, 0) is 24.1 Å². The van der Waals surface area contributed by atoms with Gasteiger partial charge >= 0.3 is 0 Å². The van der Waals surface area contributed by atoms with E-state index in [1.807, 2.05) is 31.2 Å². The molecule has 4 N–H and O–H groups in total. The molecule has 0 atom stereocenters. The zero-order chi connectivity index (χ0) is 16.7. The number of anilines is 1. The molecule has 2 rings (SSSR count). The molecular formula is C16H20N4O2S. The van der Waals surface area contributed by atoms with Crippen LogP contribution in [0.1, 0.15) is 40.8 Å². The van der Waals surface area contributed by atoms with Gasteiger partial charge in [0.15, 0.2) is 0 Å². The Balaban J connectivity index is 1.86. The molecule has 2 aromatic rings. The van der Waals surface area contributed by atoms with Crippen molar-refractivity contribution >= 4 is 28.8 Å². The molecule has 0 unspecified atom stereocenters. The molecule has 0 aliphatic rings. The summed E-state index contributed by atoms with van der Waals surface area (Å²) in [4.78, 5) is 27.6. The summed E-state index contributed by atoms with van der Waals surface area (Å²) >= 11 is 1.37. The number of amides is 2. The highest BCUT2D eigenvalue weighted by Crippen LogP contribution is 2.11. The highest BCUT2D eigenvalue weighted by Gasteiger charge is 2.09. The number of rotatable bonds is 7. The molecule has 0 fully saturated rings. The number of carbonyl (C=O) groups excluding carboxylic acids is 2. The molecule has 1 aromatic heterocycles. The summed E-state index contributed by atoms with van der Waals surface area (Å²) in [7, 11) is 0. The zero-order valence-corrected chi connectivity index (χ0v) is 13.8. The SMILES string of the molecule is CCCC(=O)Nc1ccc(CNC(=O)c2csc(CN)n2)cc1. The Labute approximate surface area is 139 Å². The normalized spacial score (nSPS) is 10.3. The van der Waals surface area contributed by atoms with Crippen molar-refractivity contribution in [1.82, 2.24) is 10.3 Å². The minimum Gasteiger partial charge on any atom is -0.347 e. The van der Waals surface area contributed by atoms with E-state index in [1.165, 1.54) is 11.3 Å². The van der Waals surface area contributed by atoms with Crippen LogP contribution in [0.5, 0.6) is 0 Å². The first-order valence-corrected chi connectivity index (χ1v) is 8.31. The van der Waals surface area contributed by atoms with Gasteiger partial charge in [0, 0.05) is 30.6 Å². The van der Waals surface area contributed by atoms with Gasteiger partial charge in [-0.15, -0.1) is 11.3 Å². The Morgan fingerprint density at radius 2 is 2.00 bits per heavy atom. The number of hydrogen-bond donors (Lipinski definition) is 3. The summed E-state index contributed by atoms with van der Waals surface area (Å²) in [5.41, 5.74) is 7.57. The fourth-order valence-corrected chi connectivity index (χ4v) is 2.59. The van der Waals surface area contributed by atoms with E-state index in [0.717, 1.165) is 22.7 Å². The van der Waals surface area contributed by atoms with Crippen LogP contribution < -0.4 is 16.4 Å². The van der Waals surface area contributed by atoms with E-state index in [0.29, 0.717) is 25.2 Å².